The number of rotatable bonds is 7. The molecule has 35 heavy (non-hydrogen) atoms. The van der Waals surface area contributed by atoms with E-state index in [1.807, 2.05) is 54.6 Å². The molecule has 0 bridgehead atoms. The zero-order chi connectivity index (χ0) is 24.4. The summed E-state index contributed by atoms with van der Waals surface area (Å²) in [5.41, 5.74) is 11.3. The zero-order valence-electron chi connectivity index (χ0n) is 19.2. The number of hydrogen-bond donors (Lipinski definition) is 1. The average molecular weight is 465 g/mol. The van der Waals surface area contributed by atoms with Gasteiger partial charge in [0.2, 0.25) is 5.91 Å². The Labute approximate surface area is 202 Å². The number of benzene rings is 4. The summed E-state index contributed by atoms with van der Waals surface area (Å²) in [6.07, 6.45) is 0. The van der Waals surface area contributed by atoms with Gasteiger partial charge in [-0.3, -0.25) is 4.79 Å². The Hall–Kier alpha value is -4.58. The van der Waals surface area contributed by atoms with Crippen LogP contribution in [0.1, 0.15) is 15.9 Å². The molecule has 4 aromatic carbocycles. The first kappa shape index (κ1) is 22.2. The first-order chi connectivity index (χ1) is 17.1. The number of primary amides is 1. The highest BCUT2D eigenvalue weighted by atomic mass is 16.6. The number of methoxy groups -OCH3 is 1. The quantitative estimate of drug-likeness (QED) is 0.337. The molecule has 0 aliphatic rings. The summed E-state index contributed by atoms with van der Waals surface area (Å²) in [6.45, 7) is 0.325. The Morgan fingerprint density at radius 2 is 1.49 bits per heavy atom. The van der Waals surface area contributed by atoms with Gasteiger partial charge >= 0.3 is 5.97 Å². The number of carbonyl (C=O) groups excluding carboxylic acids is 2. The molecule has 0 aliphatic heterocycles. The normalized spacial score (nSPS) is 11.0. The van der Waals surface area contributed by atoms with E-state index in [9.17, 15) is 9.59 Å². The van der Waals surface area contributed by atoms with Crippen molar-refractivity contribution in [3.05, 3.63) is 102 Å². The van der Waals surface area contributed by atoms with Crippen LogP contribution in [-0.4, -0.2) is 30.2 Å². The lowest BCUT2D eigenvalue weighted by Gasteiger charge is -2.13. The van der Waals surface area contributed by atoms with E-state index in [4.69, 9.17) is 15.2 Å². The molecule has 0 radical (unpaired) electrons. The first-order valence-electron chi connectivity index (χ1n) is 11.2. The van der Waals surface area contributed by atoms with E-state index in [1.54, 1.807) is 12.1 Å². The molecule has 0 unspecified atom stereocenters. The third kappa shape index (κ3) is 4.10. The molecule has 5 aromatic rings. The second kappa shape index (κ2) is 9.35. The molecule has 174 valence electrons. The molecule has 6 nitrogen and oxygen atoms in total. The Morgan fingerprint density at radius 1 is 0.800 bits per heavy atom. The third-order valence-electron chi connectivity index (χ3n) is 6.15. The zero-order valence-corrected chi connectivity index (χ0v) is 19.2. The number of nitrogens with zero attached hydrogens (tertiary/aromatic N) is 1. The molecule has 0 saturated carbocycles. The molecule has 2 N–H and O–H groups in total. The van der Waals surface area contributed by atoms with Crippen LogP contribution in [-0.2, 0) is 16.1 Å². The average Bonchev–Trinajstić information content (AvgIpc) is 3.22. The van der Waals surface area contributed by atoms with Gasteiger partial charge in [-0.05, 0) is 41.0 Å². The van der Waals surface area contributed by atoms with Crippen LogP contribution in [0.4, 0.5) is 0 Å². The summed E-state index contributed by atoms with van der Waals surface area (Å²) in [5.74, 6) is -0.526. The monoisotopic (exact) mass is 464 g/mol. The van der Waals surface area contributed by atoms with Gasteiger partial charge in [0.25, 0.3) is 0 Å². The Balaban J connectivity index is 1.74. The minimum absolute atomic E-state index is 0.238. The fourth-order valence-electron chi connectivity index (χ4n) is 4.57. The lowest BCUT2D eigenvalue weighted by Crippen LogP contribution is -2.13. The SMILES string of the molecule is COC(=O)COc1cccc2c1c1c(C(N)=O)cccc1n2Cc1ccccc1-c1ccccc1. The third-order valence-corrected chi connectivity index (χ3v) is 6.15. The molecule has 0 spiro atoms. The van der Waals surface area contributed by atoms with Crippen molar-refractivity contribution < 1.29 is 19.1 Å². The number of carbonyl (C=O) groups is 2. The minimum atomic E-state index is -0.526. The van der Waals surface area contributed by atoms with Crippen LogP contribution in [0.2, 0.25) is 0 Å². The lowest BCUT2D eigenvalue weighted by atomic mass is 9.99. The van der Waals surface area contributed by atoms with Crippen LogP contribution >= 0.6 is 0 Å². The van der Waals surface area contributed by atoms with E-state index >= 15 is 0 Å². The molecule has 6 heteroatoms. The summed E-state index contributed by atoms with van der Waals surface area (Å²) >= 11 is 0. The number of amides is 1. The van der Waals surface area contributed by atoms with E-state index in [1.165, 1.54) is 7.11 Å². The Kier molecular flexibility index (Phi) is 5.94. The molecule has 0 aliphatic carbocycles. The second-order valence-corrected chi connectivity index (χ2v) is 8.19. The fraction of sp³-hybridized carbons (Fsp3) is 0.103. The van der Waals surface area contributed by atoms with Crippen LogP contribution in [0.3, 0.4) is 0 Å². The van der Waals surface area contributed by atoms with Crippen molar-refractivity contribution in [2.75, 3.05) is 13.7 Å². The Bertz CT molecular complexity index is 1550. The topological polar surface area (TPSA) is 83.6 Å². The van der Waals surface area contributed by atoms with Crippen molar-refractivity contribution in [1.29, 1.82) is 0 Å². The smallest absolute Gasteiger partial charge is 0.343 e. The number of ether oxygens (including phenoxy) is 2. The van der Waals surface area contributed by atoms with Crippen LogP contribution in [0.25, 0.3) is 32.9 Å². The van der Waals surface area contributed by atoms with Crippen LogP contribution in [0, 0.1) is 0 Å². The van der Waals surface area contributed by atoms with E-state index in [0.717, 1.165) is 33.1 Å². The molecule has 0 fully saturated rings. The maximum Gasteiger partial charge on any atom is 0.343 e. The molecule has 1 heterocycles. The number of aromatic nitrogens is 1. The summed E-state index contributed by atoms with van der Waals surface area (Å²) in [6, 6.07) is 29.6. The summed E-state index contributed by atoms with van der Waals surface area (Å²) in [7, 11) is 1.31. The summed E-state index contributed by atoms with van der Waals surface area (Å²) < 4.78 is 12.7. The van der Waals surface area contributed by atoms with E-state index in [-0.39, 0.29) is 6.61 Å². The van der Waals surface area contributed by atoms with Crippen molar-refractivity contribution in [2.45, 2.75) is 6.54 Å². The standard InChI is InChI=1S/C29H24N2O4/c1-34-26(32)18-35-25-16-8-15-24-28(25)27-22(29(30)33)13-7-14-23(27)31(24)17-20-11-5-6-12-21(20)19-9-3-2-4-10-19/h2-16H,17-18H2,1H3,(H2,30,33). The van der Waals surface area contributed by atoms with Crippen molar-refractivity contribution in [3.8, 4) is 16.9 Å². The predicted octanol–water partition coefficient (Wildman–Crippen LogP) is 5.16. The van der Waals surface area contributed by atoms with Gasteiger partial charge in [-0.2, -0.15) is 0 Å². The van der Waals surface area contributed by atoms with Crippen LogP contribution in [0.5, 0.6) is 5.75 Å². The maximum atomic E-state index is 12.4. The number of hydrogen-bond acceptors (Lipinski definition) is 4. The number of nitrogens with two attached hydrogens (primary N) is 1. The Morgan fingerprint density at radius 3 is 2.23 bits per heavy atom. The molecular weight excluding hydrogens is 440 g/mol. The molecule has 0 saturated heterocycles. The predicted molar refractivity (Wildman–Crippen MR) is 136 cm³/mol. The van der Waals surface area contributed by atoms with Crippen LogP contribution < -0.4 is 10.5 Å². The molecule has 0 atom stereocenters. The van der Waals surface area contributed by atoms with Gasteiger partial charge in [-0.25, -0.2) is 4.79 Å². The van der Waals surface area contributed by atoms with Crippen LogP contribution in [0.15, 0.2) is 91.0 Å². The fourth-order valence-corrected chi connectivity index (χ4v) is 4.57. The van der Waals surface area contributed by atoms with E-state index in [0.29, 0.717) is 23.2 Å². The summed E-state index contributed by atoms with van der Waals surface area (Å²) in [5, 5.41) is 1.44. The van der Waals surface area contributed by atoms with Gasteiger partial charge in [-0.15, -0.1) is 0 Å². The molecule has 5 rings (SSSR count). The van der Waals surface area contributed by atoms with E-state index < -0.39 is 11.9 Å². The van der Waals surface area contributed by atoms with Crippen molar-refractivity contribution >= 4 is 33.7 Å². The second-order valence-electron chi connectivity index (χ2n) is 8.19. The number of fused-ring (bicyclic) bond motifs is 3. The van der Waals surface area contributed by atoms with E-state index in [2.05, 4.69) is 28.8 Å². The largest absolute Gasteiger partial charge is 0.481 e. The number of esters is 1. The minimum Gasteiger partial charge on any atom is -0.481 e. The highest BCUT2D eigenvalue weighted by Gasteiger charge is 2.20. The maximum absolute atomic E-state index is 12.4. The van der Waals surface area contributed by atoms with Gasteiger partial charge in [0, 0.05) is 17.5 Å². The highest BCUT2D eigenvalue weighted by Crippen LogP contribution is 2.38. The first-order valence-corrected chi connectivity index (χ1v) is 11.2. The highest BCUT2D eigenvalue weighted by molar-refractivity contribution is 6.19. The molecule has 1 amide bonds. The molecular formula is C29H24N2O4. The van der Waals surface area contributed by atoms with Gasteiger partial charge in [0.05, 0.1) is 23.5 Å². The van der Waals surface area contributed by atoms with Gasteiger partial charge < -0.3 is 19.8 Å². The summed E-state index contributed by atoms with van der Waals surface area (Å²) in [4.78, 5) is 24.1. The van der Waals surface area contributed by atoms with Crippen molar-refractivity contribution in [3.63, 3.8) is 0 Å². The lowest BCUT2D eigenvalue weighted by molar-refractivity contribution is -0.142. The molecule has 1 aromatic heterocycles. The van der Waals surface area contributed by atoms with Gasteiger partial charge in [0.1, 0.15) is 5.75 Å². The van der Waals surface area contributed by atoms with Crippen molar-refractivity contribution in [2.24, 2.45) is 5.73 Å². The van der Waals surface area contributed by atoms with Gasteiger partial charge in [-0.1, -0.05) is 66.7 Å². The van der Waals surface area contributed by atoms with Crippen molar-refractivity contribution in [1.82, 2.24) is 4.57 Å². The van der Waals surface area contributed by atoms with Gasteiger partial charge in [0.15, 0.2) is 6.61 Å².